The van der Waals surface area contributed by atoms with Crippen molar-refractivity contribution in [3.05, 3.63) is 28.5 Å². The Balaban J connectivity index is 2.01. The van der Waals surface area contributed by atoms with Crippen molar-refractivity contribution in [2.24, 2.45) is 0 Å². The molecule has 1 aliphatic rings. The molecule has 7 heteroatoms. The second-order valence-corrected chi connectivity index (χ2v) is 5.72. The highest BCUT2D eigenvalue weighted by Crippen LogP contribution is 2.27. The molecule has 23 heavy (non-hydrogen) atoms. The number of hydrogen-bond donors (Lipinski definition) is 1. The zero-order valence-electron chi connectivity index (χ0n) is 13.4. The molecule has 5 nitrogen and oxygen atoms in total. The normalized spacial score (nSPS) is 17.9. The van der Waals surface area contributed by atoms with Gasteiger partial charge in [-0.25, -0.2) is 9.18 Å². The third kappa shape index (κ3) is 4.48. The summed E-state index contributed by atoms with van der Waals surface area (Å²) in [6.07, 6.45) is 0.392. The molecular formula is C16H22ClFN2O3. The molecule has 0 saturated carbocycles. The van der Waals surface area contributed by atoms with Gasteiger partial charge in [-0.3, -0.25) is 0 Å². The van der Waals surface area contributed by atoms with Gasteiger partial charge in [0.2, 0.25) is 0 Å². The van der Waals surface area contributed by atoms with Gasteiger partial charge in [-0.1, -0.05) is 18.5 Å². The minimum absolute atomic E-state index is 0.0944. The Labute approximate surface area is 140 Å². The van der Waals surface area contributed by atoms with Gasteiger partial charge in [-0.15, -0.1) is 0 Å². The first-order chi connectivity index (χ1) is 11.1. The van der Waals surface area contributed by atoms with Crippen LogP contribution in [0.1, 0.15) is 25.8 Å². The number of rotatable bonds is 5. The molecule has 0 bridgehead atoms. The fourth-order valence-corrected chi connectivity index (χ4v) is 2.80. The third-order valence-corrected chi connectivity index (χ3v) is 4.16. The van der Waals surface area contributed by atoms with E-state index in [4.69, 9.17) is 21.1 Å². The van der Waals surface area contributed by atoms with E-state index in [1.165, 1.54) is 12.1 Å². The largest absolute Gasteiger partial charge is 0.494 e. The summed E-state index contributed by atoms with van der Waals surface area (Å²) in [5.41, 5.74) is 0.159. The molecular weight excluding hydrogens is 323 g/mol. The average Bonchev–Trinajstić information content (AvgIpc) is 2.54. The summed E-state index contributed by atoms with van der Waals surface area (Å²) in [4.78, 5) is 13.9. The first-order valence-corrected chi connectivity index (χ1v) is 8.19. The molecule has 1 N–H and O–H groups in total. The van der Waals surface area contributed by atoms with E-state index in [-0.39, 0.29) is 23.2 Å². The van der Waals surface area contributed by atoms with Gasteiger partial charge >= 0.3 is 6.09 Å². The van der Waals surface area contributed by atoms with Crippen molar-refractivity contribution in [1.82, 2.24) is 10.2 Å². The fraction of sp³-hybridized carbons (Fsp3) is 0.562. The Bertz CT molecular complexity index is 533. The Morgan fingerprint density at radius 2 is 2.26 bits per heavy atom. The number of nitrogens with one attached hydrogen (secondary N) is 1. The zero-order chi connectivity index (χ0) is 16.8. The van der Waals surface area contributed by atoms with E-state index in [1.807, 2.05) is 6.92 Å². The summed E-state index contributed by atoms with van der Waals surface area (Å²) in [5.74, 6) is -0.181. The molecule has 1 aliphatic heterocycles. The quantitative estimate of drug-likeness (QED) is 0.891. The lowest BCUT2D eigenvalue weighted by atomic mass is 10.1. The molecule has 1 atom stereocenters. The monoisotopic (exact) mass is 344 g/mol. The number of halogens is 2. The van der Waals surface area contributed by atoms with Gasteiger partial charge in [0.15, 0.2) is 0 Å². The molecule has 1 fully saturated rings. The van der Waals surface area contributed by atoms with Crippen LogP contribution in [0.25, 0.3) is 0 Å². The van der Waals surface area contributed by atoms with Crippen molar-refractivity contribution in [3.63, 3.8) is 0 Å². The van der Waals surface area contributed by atoms with Crippen LogP contribution in [0.4, 0.5) is 9.18 Å². The molecule has 0 aliphatic carbocycles. The van der Waals surface area contributed by atoms with E-state index in [9.17, 15) is 9.18 Å². The lowest BCUT2D eigenvalue weighted by Crippen LogP contribution is -2.53. The van der Waals surface area contributed by atoms with Crippen LogP contribution >= 0.6 is 11.6 Å². The van der Waals surface area contributed by atoms with E-state index in [0.717, 1.165) is 19.5 Å². The third-order valence-electron chi connectivity index (χ3n) is 3.82. The van der Waals surface area contributed by atoms with Crippen molar-refractivity contribution in [2.45, 2.75) is 32.9 Å². The SMILES string of the molecule is CCOc1cc(F)c(COC(=O)N2CCNC[C@H]2CC)c(Cl)c1. The fourth-order valence-electron chi connectivity index (χ4n) is 2.55. The second kappa shape index (κ2) is 8.36. The van der Waals surface area contributed by atoms with Gasteiger partial charge in [-0.05, 0) is 19.4 Å². The molecule has 2 rings (SSSR count). The topological polar surface area (TPSA) is 50.8 Å². The van der Waals surface area contributed by atoms with Crippen LogP contribution in [-0.2, 0) is 11.3 Å². The van der Waals surface area contributed by atoms with E-state index < -0.39 is 11.9 Å². The maximum atomic E-state index is 14.1. The van der Waals surface area contributed by atoms with Gasteiger partial charge in [0.05, 0.1) is 11.6 Å². The zero-order valence-corrected chi connectivity index (χ0v) is 14.2. The second-order valence-electron chi connectivity index (χ2n) is 5.31. The summed E-state index contributed by atoms with van der Waals surface area (Å²) >= 11 is 6.06. The lowest BCUT2D eigenvalue weighted by molar-refractivity contribution is 0.0707. The van der Waals surface area contributed by atoms with Gasteiger partial charge in [0.1, 0.15) is 18.2 Å². The molecule has 0 spiro atoms. The van der Waals surface area contributed by atoms with Crippen LogP contribution < -0.4 is 10.1 Å². The summed E-state index contributed by atoms with van der Waals surface area (Å²) in [7, 11) is 0. The first kappa shape index (κ1) is 17.8. The number of piperazine rings is 1. The predicted octanol–water partition coefficient (Wildman–Crippen LogP) is 3.20. The van der Waals surface area contributed by atoms with E-state index in [1.54, 1.807) is 11.8 Å². The molecule has 128 valence electrons. The van der Waals surface area contributed by atoms with Gasteiger partial charge < -0.3 is 19.7 Å². The maximum Gasteiger partial charge on any atom is 0.410 e. The van der Waals surface area contributed by atoms with Crippen molar-refractivity contribution in [1.29, 1.82) is 0 Å². The molecule has 1 heterocycles. The Morgan fingerprint density at radius 1 is 1.48 bits per heavy atom. The number of benzene rings is 1. The smallest absolute Gasteiger partial charge is 0.410 e. The van der Waals surface area contributed by atoms with E-state index in [2.05, 4.69) is 5.32 Å². The minimum Gasteiger partial charge on any atom is -0.494 e. The Hall–Kier alpha value is -1.53. The number of carbonyl (C=O) groups excluding carboxylic acids is 1. The van der Waals surface area contributed by atoms with Crippen molar-refractivity contribution < 1.29 is 18.7 Å². The summed E-state index contributed by atoms with van der Waals surface area (Å²) in [6, 6.07) is 2.87. The Kier molecular flexibility index (Phi) is 6.47. The van der Waals surface area contributed by atoms with Crippen LogP contribution in [0, 0.1) is 5.82 Å². The first-order valence-electron chi connectivity index (χ1n) is 7.81. The highest BCUT2D eigenvalue weighted by atomic mass is 35.5. The number of hydrogen-bond acceptors (Lipinski definition) is 4. The molecule has 0 aromatic heterocycles. The minimum atomic E-state index is -0.541. The van der Waals surface area contributed by atoms with Gasteiger partial charge in [-0.2, -0.15) is 0 Å². The van der Waals surface area contributed by atoms with E-state index in [0.29, 0.717) is 18.9 Å². The van der Waals surface area contributed by atoms with Crippen molar-refractivity contribution in [3.8, 4) is 5.75 Å². The highest BCUT2D eigenvalue weighted by Gasteiger charge is 2.26. The van der Waals surface area contributed by atoms with Crippen LogP contribution in [0.15, 0.2) is 12.1 Å². The molecule has 0 unspecified atom stereocenters. The molecule has 1 aromatic rings. The maximum absolute atomic E-state index is 14.1. The summed E-state index contributed by atoms with van der Waals surface area (Å²) in [5, 5.41) is 3.42. The van der Waals surface area contributed by atoms with Crippen LogP contribution in [0.3, 0.4) is 0 Å². The van der Waals surface area contributed by atoms with Crippen LogP contribution in [0.2, 0.25) is 5.02 Å². The van der Waals surface area contributed by atoms with E-state index >= 15 is 0 Å². The molecule has 1 amide bonds. The number of nitrogens with zero attached hydrogens (tertiary/aromatic N) is 1. The number of carbonyl (C=O) groups is 1. The number of ether oxygens (including phenoxy) is 2. The van der Waals surface area contributed by atoms with Gasteiger partial charge in [0.25, 0.3) is 0 Å². The van der Waals surface area contributed by atoms with Crippen LogP contribution in [-0.4, -0.2) is 43.3 Å². The average molecular weight is 345 g/mol. The summed E-state index contributed by atoms with van der Waals surface area (Å²) < 4.78 is 24.6. The Morgan fingerprint density at radius 3 is 2.91 bits per heavy atom. The highest BCUT2D eigenvalue weighted by molar-refractivity contribution is 6.31. The standard InChI is InChI=1S/C16H22ClFN2O3/c1-3-11-9-19-5-6-20(11)16(21)23-10-13-14(17)7-12(22-4-2)8-15(13)18/h7-8,11,19H,3-6,9-10H2,1-2H3/t11-/m1/s1. The molecule has 0 radical (unpaired) electrons. The molecule has 1 saturated heterocycles. The van der Waals surface area contributed by atoms with Gasteiger partial charge in [0, 0.05) is 37.3 Å². The number of amides is 1. The lowest BCUT2D eigenvalue weighted by Gasteiger charge is -2.34. The summed E-state index contributed by atoms with van der Waals surface area (Å²) in [6.45, 7) is 6.09. The van der Waals surface area contributed by atoms with Crippen molar-refractivity contribution >= 4 is 17.7 Å². The van der Waals surface area contributed by atoms with Crippen molar-refractivity contribution in [2.75, 3.05) is 26.2 Å². The predicted molar refractivity (Wildman–Crippen MR) is 86.4 cm³/mol. The molecule has 1 aromatic carbocycles. The van der Waals surface area contributed by atoms with Crippen LogP contribution in [0.5, 0.6) is 5.75 Å².